The van der Waals surface area contributed by atoms with Crippen molar-refractivity contribution in [3.8, 4) is 6.07 Å². The Morgan fingerprint density at radius 1 is 1.13 bits per heavy atom. The van der Waals surface area contributed by atoms with Gasteiger partial charge in [-0.1, -0.05) is 42.5 Å². The summed E-state index contributed by atoms with van der Waals surface area (Å²) in [6, 6.07) is 17.2. The second-order valence-corrected chi connectivity index (χ2v) is 7.72. The van der Waals surface area contributed by atoms with Gasteiger partial charge in [0.2, 0.25) is 11.8 Å². The molecule has 0 bridgehead atoms. The quantitative estimate of drug-likeness (QED) is 0.716. The number of amides is 3. The predicted octanol–water partition coefficient (Wildman–Crippen LogP) is 1.84. The number of carbonyl (C=O) groups is 3. The van der Waals surface area contributed by atoms with E-state index in [2.05, 4.69) is 6.07 Å². The minimum absolute atomic E-state index is 0.0265. The number of likely N-dealkylation sites (tertiary alicyclic amines) is 1. The number of hydrogen-bond donors (Lipinski definition) is 1. The summed E-state index contributed by atoms with van der Waals surface area (Å²) in [5.74, 6) is -1.97. The lowest BCUT2D eigenvalue weighted by molar-refractivity contribution is -0.181. The molecular weight excluding hydrogens is 396 g/mol. The van der Waals surface area contributed by atoms with Crippen molar-refractivity contribution >= 4 is 17.7 Å². The van der Waals surface area contributed by atoms with Gasteiger partial charge in [0, 0.05) is 13.0 Å². The zero-order valence-corrected chi connectivity index (χ0v) is 17.0. The second kappa shape index (κ2) is 8.30. The molecule has 2 heterocycles. The highest BCUT2D eigenvalue weighted by atomic mass is 16.7. The van der Waals surface area contributed by atoms with Crippen LogP contribution >= 0.6 is 0 Å². The van der Waals surface area contributed by atoms with E-state index < -0.39 is 35.9 Å². The predicted molar refractivity (Wildman–Crippen MR) is 109 cm³/mol. The van der Waals surface area contributed by atoms with Crippen molar-refractivity contribution in [3.05, 3.63) is 71.3 Å². The maximum atomic E-state index is 13.5. The van der Waals surface area contributed by atoms with Crippen molar-refractivity contribution in [3.63, 3.8) is 0 Å². The molecule has 2 aliphatic heterocycles. The minimum atomic E-state index is -0.966. The number of hydroxylamine groups is 2. The van der Waals surface area contributed by atoms with Gasteiger partial charge in [0.05, 0.1) is 29.6 Å². The lowest BCUT2D eigenvalue weighted by Crippen LogP contribution is -2.39. The molecule has 8 heteroatoms. The maximum Gasteiger partial charge on any atom is 0.261 e. The fourth-order valence-corrected chi connectivity index (χ4v) is 4.29. The number of fused-ring (bicyclic) bond motifs is 1. The van der Waals surface area contributed by atoms with E-state index in [9.17, 15) is 14.4 Å². The largest absolute Gasteiger partial charge is 0.370 e. The fraction of sp³-hybridized carbons (Fsp3) is 0.304. The molecule has 158 valence electrons. The van der Waals surface area contributed by atoms with Crippen LogP contribution in [0.2, 0.25) is 0 Å². The Balaban J connectivity index is 1.67. The van der Waals surface area contributed by atoms with Gasteiger partial charge in [-0.25, -0.2) is 0 Å². The van der Waals surface area contributed by atoms with Crippen LogP contribution in [-0.4, -0.2) is 40.3 Å². The highest BCUT2D eigenvalue weighted by molar-refractivity contribution is 6.07. The van der Waals surface area contributed by atoms with E-state index in [0.717, 1.165) is 11.1 Å². The SMILES string of the molecule is CC(c1ccccc1)N1C(=O)C2ON(CCC(N)=O)C(c3ccc(C#N)cc3)C2C1=O. The maximum absolute atomic E-state index is 13.5. The van der Waals surface area contributed by atoms with Crippen molar-refractivity contribution in [2.45, 2.75) is 31.5 Å². The summed E-state index contributed by atoms with van der Waals surface area (Å²) in [5, 5.41) is 10.6. The van der Waals surface area contributed by atoms with Crippen LogP contribution in [-0.2, 0) is 19.2 Å². The van der Waals surface area contributed by atoms with Gasteiger partial charge in [-0.3, -0.25) is 24.1 Å². The van der Waals surface area contributed by atoms with Crippen LogP contribution in [0, 0.1) is 17.2 Å². The average Bonchev–Trinajstić information content (AvgIpc) is 3.28. The summed E-state index contributed by atoms with van der Waals surface area (Å²) < 4.78 is 0. The minimum Gasteiger partial charge on any atom is -0.370 e. The summed E-state index contributed by atoms with van der Waals surface area (Å²) >= 11 is 0. The van der Waals surface area contributed by atoms with Crippen LogP contribution in [0.25, 0.3) is 0 Å². The Morgan fingerprint density at radius 3 is 2.42 bits per heavy atom. The normalized spacial score (nSPS) is 24.1. The first-order chi connectivity index (χ1) is 14.9. The highest BCUT2D eigenvalue weighted by Crippen LogP contribution is 2.46. The van der Waals surface area contributed by atoms with E-state index in [-0.39, 0.29) is 18.9 Å². The van der Waals surface area contributed by atoms with Crippen LogP contribution < -0.4 is 5.73 Å². The van der Waals surface area contributed by atoms with Gasteiger partial charge in [0.1, 0.15) is 0 Å². The Kier molecular flexibility index (Phi) is 5.55. The van der Waals surface area contributed by atoms with Crippen LogP contribution in [0.5, 0.6) is 0 Å². The third kappa shape index (κ3) is 3.69. The highest BCUT2D eigenvalue weighted by Gasteiger charge is 2.60. The second-order valence-electron chi connectivity index (χ2n) is 7.72. The van der Waals surface area contributed by atoms with Gasteiger partial charge in [-0.2, -0.15) is 10.3 Å². The molecule has 3 amide bonds. The van der Waals surface area contributed by atoms with Crippen LogP contribution in [0.1, 0.15) is 42.1 Å². The molecule has 4 atom stereocenters. The van der Waals surface area contributed by atoms with E-state index in [1.807, 2.05) is 37.3 Å². The number of imide groups is 1. The lowest BCUT2D eigenvalue weighted by Gasteiger charge is -2.29. The number of nitrogens with two attached hydrogens (primary N) is 1. The molecule has 0 aliphatic carbocycles. The summed E-state index contributed by atoms with van der Waals surface area (Å²) in [5.41, 5.74) is 7.35. The number of hydrogen-bond acceptors (Lipinski definition) is 6. The summed E-state index contributed by atoms with van der Waals surface area (Å²) in [6.07, 6.45) is -0.939. The molecule has 0 aromatic heterocycles. The summed E-state index contributed by atoms with van der Waals surface area (Å²) in [7, 11) is 0. The van der Waals surface area contributed by atoms with E-state index in [1.165, 1.54) is 9.96 Å². The van der Waals surface area contributed by atoms with Crippen molar-refractivity contribution in [2.24, 2.45) is 11.7 Å². The third-order valence-electron chi connectivity index (χ3n) is 5.86. The van der Waals surface area contributed by atoms with Gasteiger partial charge in [0.25, 0.3) is 5.91 Å². The number of nitriles is 1. The molecular formula is C23H22N4O4. The molecule has 2 aliphatic rings. The van der Waals surface area contributed by atoms with Crippen LogP contribution in [0.15, 0.2) is 54.6 Å². The number of nitrogens with zero attached hydrogens (tertiary/aromatic N) is 3. The van der Waals surface area contributed by atoms with Crippen molar-refractivity contribution in [2.75, 3.05) is 6.54 Å². The Morgan fingerprint density at radius 2 is 1.81 bits per heavy atom. The smallest absolute Gasteiger partial charge is 0.261 e. The van der Waals surface area contributed by atoms with Crippen molar-refractivity contribution in [1.29, 1.82) is 5.26 Å². The van der Waals surface area contributed by atoms with Gasteiger partial charge < -0.3 is 5.73 Å². The van der Waals surface area contributed by atoms with Crippen molar-refractivity contribution in [1.82, 2.24) is 9.96 Å². The average molecular weight is 418 g/mol. The van der Waals surface area contributed by atoms with Gasteiger partial charge in [0.15, 0.2) is 6.10 Å². The van der Waals surface area contributed by atoms with E-state index >= 15 is 0 Å². The summed E-state index contributed by atoms with van der Waals surface area (Å²) in [4.78, 5) is 45.1. The molecule has 2 N–H and O–H groups in total. The van der Waals surface area contributed by atoms with E-state index in [0.29, 0.717) is 5.56 Å². The molecule has 2 fully saturated rings. The molecule has 0 spiro atoms. The number of primary amides is 1. The number of rotatable bonds is 6. The Bertz CT molecular complexity index is 1050. The van der Waals surface area contributed by atoms with Crippen LogP contribution in [0.3, 0.4) is 0 Å². The van der Waals surface area contributed by atoms with E-state index in [4.69, 9.17) is 15.8 Å². The Hall–Kier alpha value is -3.54. The molecule has 2 saturated heterocycles. The monoisotopic (exact) mass is 418 g/mol. The zero-order valence-electron chi connectivity index (χ0n) is 17.0. The number of benzene rings is 2. The summed E-state index contributed by atoms with van der Waals surface area (Å²) in [6.45, 7) is 1.97. The topological polar surface area (TPSA) is 117 Å². The molecule has 31 heavy (non-hydrogen) atoms. The van der Waals surface area contributed by atoms with Gasteiger partial charge in [-0.05, 0) is 30.2 Å². The zero-order chi connectivity index (χ0) is 22.1. The number of carbonyl (C=O) groups excluding carboxylic acids is 3. The lowest BCUT2D eigenvalue weighted by atomic mass is 9.90. The first-order valence-electron chi connectivity index (χ1n) is 10.1. The Labute approximate surface area is 179 Å². The van der Waals surface area contributed by atoms with E-state index in [1.54, 1.807) is 24.3 Å². The fourth-order valence-electron chi connectivity index (χ4n) is 4.29. The van der Waals surface area contributed by atoms with Crippen molar-refractivity contribution < 1.29 is 19.2 Å². The molecule has 4 rings (SSSR count). The van der Waals surface area contributed by atoms with Gasteiger partial charge in [-0.15, -0.1) is 0 Å². The molecule has 0 saturated carbocycles. The molecule has 0 radical (unpaired) electrons. The van der Waals surface area contributed by atoms with Crippen LogP contribution in [0.4, 0.5) is 0 Å². The first-order valence-corrected chi connectivity index (χ1v) is 10.1. The molecule has 2 aromatic rings. The molecule has 4 unspecified atom stereocenters. The first kappa shape index (κ1) is 20.7. The van der Waals surface area contributed by atoms with Gasteiger partial charge >= 0.3 is 0 Å². The molecule has 8 nitrogen and oxygen atoms in total. The standard InChI is InChI=1S/C23H22N4O4/c1-14(16-5-3-2-4-6-16)27-22(29)19-20(17-9-7-15(13-24)8-10-17)26(12-11-18(25)28)31-21(19)23(27)30/h2-10,14,19-21H,11-12H2,1H3,(H2,25,28). The molecule has 2 aromatic carbocycles. The third-order valence-corrected chi connectivity index (χ3v) is 5.86.